The van der Waals surface area contributed by atoms with E-state index in [0.29, 0.717) is 0 Å². The average molecular weight is 418 g/mol. The van der Waals surface area contributed by atoms with Crippen molar-refractivity contribution in [1.82, 2.24) is 4.98 Å². The minimum atomic E-state index is -4.78. The summed E-state index contributed by atoms with van der Waals surface area (Å²) >= 11 is 11.7. The minimum absolute atomic E-state index is 0.0260. The summed E-state index contributed by atoms with van der Waals surface area (Å²) in [6.45, 7) is 1.11. The smallest absolute Gasteiger partial charge is 0.425 e. The third-order valence-electron chi connectivity index (χ3n) is 4.19. The molecule has 27 heavy (non-hydrogen) atoms. The van der Waals surface area contributed by atoms with Crippen LogP contribution in [0.1, 0.15) is 27.3 Å². The Bertz CT molecular complexity index is 939. The van der Waals surface area contributed by atoms with Gasteiger partial charge in [-0.25, -0.2) is 4.79 Å². The van der Waals surface area contributed by atoms with Crippen LogP contribution in [-0.2, 0) is 10.3 Å². The Hall–Kier alpha value is -2.09. The highest BCUT2D eigenvalue weighted by Crippen LogP contribution is 2.49. The van der Waals surface area contributed by atoms with Crippen LogP contribution in [0.5, 0.6) is 0 Å². The van der Waals surface area contributed by atoms with Gasteiger partial charge in [-0.05, 0) is 48.9 Å². The molecule has 0 saturated carbocycles. The van der Waals surface area contributed by atoms with E-state index >= 15 is 0 Å². The largest absolute Gasteiger partial charge is 0.478 e. The topological polar surface area (TPSA) is 59.4 Å². The van der Waals surface area contributed by atoms with Crippen molar-refractivity contribution in [1.29, 1.82) is 0 Å². The predicted octanol–water partition coefficient (Wildman–Crippen LogP) is 5.27. The van der Waals surface area contributed by atoms with E-state index in [1.165, 1.54) is 25.1 Å². The number of aromatic nitrogens is 1. The number of benzene rings is 1. The summed E-state index contributed by atoms with van der Waals surface area (Å²) in [6.07, 6.45) is -3.85. The van der Waals surface area contributed by atoms with Crippen molar-refractivity contribution >= 4 is 34.7 Å². The zero-order chi connectivity index (χ0) is 20.0. The van der Waals surface area contributed by atoms with Crippen molar-refractivity contribution in [2.24, 2.45) is 0 Å². The Morgan fingerprint density at radius 1 is 1.22 bits per heavy atom. The Morgan fingerprint density at radius 2 is 1.85 bits per heavy atom. The molecule has 0 bridgehead atoms. The zero-order valence-corrected chi connectivity index (χ0v) is 15.3. The molecule has 1 aliphatic heterocycles. The Labute approximate surface area is 162 Å². The minimum Gasteiger partial charge on any atom is -0.478 e. The monoisotopic (exact) mass is 417 g/mol. The summed E-state index contributed by atoms with van der Waals surface area (Å²) in [6, 6.07) is 6.26. The van der Waals surface area contributed by atoms with Crippen molar-refractivity contribution in [2.45, 2.75) is 18.7 Å². The van der Waals surface area contributed by atoms with E-state index in [4.69, 9.17) is 33.0 Å². The van der Waals surface area contributed by atoms with Gasteiger partial charge in [-0.1, -0.05) is 23.2 Å². The predicted molar refractivity (Wildman–Crippen MR) is 94.1 cm³/mol. The van der Waals surface area contributed by atoms with Crippen molar-refractivity contribution in [2.75, 3.05) is 6.61 Å². The normalized spacial score (nSPS) is 19.9. The molecule has 1 unspecified atom stereocenters. The van der Waals surface area contributed by atoms with E-state index in [0.717, 1.165) is 18.2 Å². The van der Waals surface area contributed by atoms with Gasteiger partial charge >= 0.3 is 12.1 Å². The standard InChI is InChI=1S/C18H12Cl2F3NO3/c1-9-14(16(25)26)2-3-15(24-9)10-7-17(27-8-10,18(21,22)23)11-4-12(19)6-13(20)5-11/h2-7H,8H2,1H3,(H,25,26). The molecule has 2 heterocycles. The number of carboxylic acids is 1. The van der Waals surface area contributed by atoms with Gasteiger partial charge in [0.25, 0.3) is 0 Å². The molecular formula is C18H12Cl2F3NO3. The molecular weight excluding hydrogens is 406 g/mol. The second-order valence-corrected chi connectivity index (χ2v) is 6.86. The van der Waals surface area contributed by atoms with Crippen LogP contribution in [0.4, 0.5) is 13.2 Å². The average Bonchev–Trinajstić information content (AvgIpc) is 3.00. The Balaban J connectivity index is 2.12. The molecule has 4 nitrogen and oxygen atoms in total. The summed E-state index contributed by atoms with van der Waals surface area (Å²) in [5, 5.41) is 9.15. The van der Waals surface area contributed by atoms with Crippen LogP contribution in [0, 0.1) is 6.92 Å². The lowest BCUT2D eigenvalue weighted by Crippen LogP contribution is -2.41. The number of halogens is 5. The maximum atomic E-state index is 13.9. The zero-order valence-electron chi connectivity index (χ0n) is 13.8. The van der Waals surface area contributed by atoms with Crippen molar-refractivity contribution in [3.05, 3.63) is 69.0 Å². The Morgan fingerprint density at radius 3 is 2.37 bits per heavy atom. The molecule has 0 saturated heterocycles. The van der Waals surface area contributed by atoms with Crippen molar-refractivity contribution in [3.8, 4) is 0 Å². The third kappa shape index (κ3) is 3.54. The molecule has 1 atom stereocenters. The van der Waals surface area contributed by atoms with Gasteiger partial charge in [0.05, 0.1) is 23.6 Å². The summed E-state index contributed by atoms with van der Waals surface area (Å²) in [5.74, 6) is -1.17. The fourth-order valence-corrected chi connectivity index (χ4v) is 3.42. The highest BCUT2D eigenvalue weighted by molar-refractivity contribution is 6.34. The molecule has 0 spiro atoms. The number of ether oxygens (including phenoxy) is 1. The summed E-state index contributed by atoms with van der Waals surface area (Å²) in [4.78, 5) is 15.2. The van der Waals surface area contributed by atoms with Crippen LogP contribution >= 0.6 is 23.2 Å². The number of carbonyl (C=O) groups is 1. The number of carboxylic acid groups (broad SMARTS) is 1. The van der Waals surface area contributed by atoms with Gasteiger partial charge in [-0.2, -0.15) is 13.2 Å². The van der Waals surface area contributed by atoms with Crippen LogP contribution < -0.4 is 0 Å². The molecule has 3 rings (SSSR count). The van der Waals surface area contributed by atoms with E-state index in [2.05, 4.69) is 4.98 Å². The van der Waals surface area contributed by atoms with E-state index < -0.39 is 17.7 Å². The molecule has 0 amide bonds. The lowest BCUT2D eigenvalue weighted by Gasteiger charge is -2.30. The van der Waals surface area contributed by atoms with Crippen LogP contribution in [0.2, 0.25) is 10.0 Å². The highest BCUT2D eigenvalue weighted by Gasteiger charge is 2.58. The summed E-state index contributed by atoms with van der Waals surface area (Å²) in [7, 11) is 0. The first-order valence-corrected chi connectivity index (χ1v) is 8.39. The van der Waals surface area contributed by atoms with Crippen molar-refractivity contribution in [3.63, 3.8) is 0 Å². The molecule has 0 aliphatic carbocycles. The second kappa shape index (κ2) is 6.82. The fourth-order valence-electron chi connectivity index (χ4n) is 2.90. The van der Waals surface area contributed by atoms with E-state index in [1.54, 1.807) is 0 Å². The van der Waals surface area contributed by atoms with Gasteiger partial charge in [0.15, 0.2) is 0 Å². The molecule has 1 aliphatic rings. The quantitative estimate of drug-likeness (QED) is 0.738. The first kappa shape index (κ1) is 19.7. The summed E-state index contributed by atoms with van der Waals surface area (Å²) < 4.78 is 47.0. The molecule has 142 valence electrons. The SMILES string of the molecule is Cc1nc(C2=CC(c3cc(Cl)cc(Cl)c3)(C(F)(F)F)OC2)ccc1C(=O)O. The van der Waals surface area contributed by atoms with Gasteiger partial charge in [0.1, 0.15) is 0 Å². The number of hydrogen-bond donors (Lipinski definition) is 1. The molecule has 2 aromatic rings. The first-order valence-electron chi connectivity index (χ1n) is 7.64. The maximum absolute atomic E-state index is 13.9. The van der Waals surface area contributed by atoms with Gasteiger partial charge in [0, 0.05) is 15.6 Å². The molecule has 0 radical (unpaired) electrons. The Kier molecular flexibility index (Phi) is 4.96. The second-order valence-electron chi connectivity index (χ2n) is 5.98. The van der Waals surface area contributed by atoms with Gasteiger partial charge in [0.2, 0.25) is 5.60 Å². The van der Waals surface area contributed by atoms with Crippen molar-refractivity contribution < 1.29 is 27.8 Å². The van der Waals surface area contributed by atoms with E-state index in [1.807, 2.05) is 0 Å². The number of aryl methyl sites for hydroxylation is 1. The van der Waals surface area contributed by atoms with E-state index in [9.17, 15) is 18.0 Å². The molecule has 0 fully saturated rings. The van der Waals surface area contributed by atoms with Gasteiger partial charge < -0.3 is 9.84 Å². The van der Waals surface area contributed by atoms with Crippen LogP contribution in [-0.4, -0.2) is 28.8 Å². The number of aromatic carboxylic acids is 1. The lowest BCUT2D eigenvalue weighted by molar-refractivity contribution is -0.254. The van der Waals surface area contributed by atoms with Crippen LogP contribution in [0.3, 0.4) is 0 Å². The fraction of sp³-hybridized carbons (Fsp3) is 0.222. The number of rotatable bonds is 3. The number of pyridine rings is 1. The van der Waals surface area contributed by atoms with Gasteiger partial charge in [-0.15, -0.1) is 0 Å². The van der Waals surface area contributed by atoms with Crippen LogP contribution in [0.25, 0.3) is 5.57 Å². The lowest BCUT2D eigenvalue weighted by atomic mass is 9.91. The maximum Gasteiger partial charge on any atom is 0.425 e. The highest BCUT2D eigenvalue weighted by atomic mass is 35.5. The van der Waals surface area contributed by atoms with Gasteiger partial charge in [-0.3, -0.25) is 4.98 Å². The number of nitrogens with zero attached hydrogens (tertiary/aromatic N) is 1. The van der Waals surface area contributed by atoms with Crippen LogP contribution in [0.15, 0.2) is 36.4 Å². The van der Waals surface area contributed by atoms with E-state index in [-0.39, 0.29) is 44.7 Å². The molecule has 9 heteroatoms. The molecule has 1 aromatic heterocycles. The number of hydrogen-bond acceptors (Lipinski definition) is 3. The third-order valence-corrected chi connectivity index (χ3v) is 4.63. The molecule has 1 aromatic carbocycles. The summed E-state index contributed by atoms with van der Waals surface area (Å²) in [5.41, 5.74) is -2.42. The number of alkyl halides is 3. The molecule has 1 N–H and O–H groups in total. The first-order chi connectivity index (χ1) is 12.5.